The molecule has 1 N–H and O–H groups in total. The van der Waals surface area contributed by atoms with Gasteiger partial charge in [0.15, 0.2) is 0 Å². The zero-order valence-corrected chi connectivity index (χ0v) is 30.6. The first kappa shape index (κ1) is 33.9. The van der Waals surface area contributed by atoms with Gasteiger partial charge in [0, 0.05) is 105 Å². The van der Waals surface area contributed by atoms with E-state index in [2.05, 4.69) is 67.0 Å². The predicted octanol–water partition coefficient (Wildman–Crippen LogP) is 4.04. The Morgan fingerprint density at radius 2 is 1.64 bits per heavy atom. The van der Waals surface area contributed by atoms with Crippen molar-refractivity contribution in [3.8, 4) is 22.8 Å². The topological polar surface area (TPSA) is 139 Å². The van der Waals surface area contributed by atoms with E-state index in [1.807, 2.05) is 24.7 Å². The molecule has 7 heterocycles. The lowest BCUT2D eigenvalue weighted by Gasteiger charge is -2.61. The highest BCUT2D eigenvalue weighted by Crippen LogP contribution is 2.42. The van der Waals surface area contributed by atoms with E-state index in [0.717, 1.165) is 73.5 Å². The number of carbonyl (C=O) groups is 4. The van der Waals surface area contributed by atoms with Crippen LogP contribution in [-0.4, -0.2) is 111 Å². The highest BCUT2D eigenvalue weighted by molar-refractivity contribution is 6.23. The summed E-state index contributed by atoms with van der Waals surface area (Å²) in [5.74, 6) is -0.215. The van der Waals surface area contributed by atoms with Crippen LogP contribution in [0.2, 0.25) is 0 Å². The Morgan fingerprint density at radius 3 is 2.44 bits per heavy atom. The van der Waals surface area contributed by atoms with Crippen molar-refractivity contribution in [1.82, 2.24) is 34.6 Å². The number of ether oxygens (including phenoxy) is 2. The fourth-order valence-corrected chi connectivity index (χ4v) is 9.43. The van der Waals surface area contributed by atoms with E-state index < -0.39 is 29.7 Å². The number of piperidine rings is 1. The van der Waals surface area contributed by atoms with Crippen molar-refractivity contribution >= 4 is 45.4 Å². The Morgan fingerprint density at radius 1 is 0.836 bits per heavy atom. The van der Waals surface area contributed by atoms with Crippen LogP contribution < -0.4 is 14.8 Å². The minimum Gasteiger partial charge on any atom is -0.492 e. The minimum atomic E-state index is -0.981. The first-order valence-electron chi connectivity index (χ1n) is 19.1. The molecule has 0 bridgehead atoms. The summed E-state index contributed by atoms with van der Waals surface area (Å²) in [6.45, 7) is 6.72. The molecule has 4 aliphatic heterocycles. The van der Waals surface area contributed by atoms with E-state index in [-0.39, 0.29) is 30.1 Å². The van der Waals surface area contributed by atoms with E-state index in [4.69, 9.17) is 9.47 Å². The van der Waals surface area contributed by atoms with Gasteiger partial charge in [-0.3, -0.25) is 39.3 Å². The molecule has 1 spiro atoms. The molecule has 13 heteroatoms. The third-order valence-corrected chi connectivity index (χ3v) is 12.2. The highest BCUT2D eigenvalue weighted by atomic mass is 16.5. The van der Waals surface area contributed by atoms with E-state index in [9.17, 15) is 19.2 Å². The number of likely N-dealkylation sites (tertiary alicyclic amines) is 2. The van der Waals surface area contributed by atoms with Crippen LogP contribution in [0.4, 0.5) is 0 Å². The number of fused-ring (bicyclic) bond motifs is 4. The van der Waals surface area contributed by atoms with Gasteiger partial charge in [-0.15, -0.1) is 0 Å². The fourth-order valence-electron chi connectivity index (χ4n) is 9.43. The summed E-state index contributed by atoms with van der Waals surface area (Å²) in [6, 6.07) is 16.5. The molecule has 4 fully saturated rings. The molecule has 280 valence electrons. The number of nitrogens with one attached hydrogen (secondary N) is 1. The third-order valence-electron chi connectivity index (χ3n) is 12.2. The van der Waals surface area contributed by atoms with E-state index in [1.54, 1.807) is 18.2 Å². The van der Waals surface area contributed by atoms with Crippen molar-refractivity contribution in [2.24, 2.45) is 18.4 Å². The summed E-state index contributed by atoms with van der Waals surface area (Å²) in [5.41, 5.74) is 5.39. The zero-order chi connectivity index (χ0) is 37.4. The molecular formula is C42H41N7O6. The van der Waals surface area contributed by atoms with Crippen LogP contribution in [0.1, 0.15) is 46.4 Å². The molecule has 10 rings (SSSR count). The molecule has 5 aromatic rings. The van der Waals surface area contributed by atoms with Crippen LogP contribution in [0.15, 0.2) is 73.2 Å². The highest BCUT2D eigenvalue weighted by Gasteiger charge is 2.52. The molecule has 13 nitrogen and oxygen atoms in total. The average Bonchev–Trinajstić information content (AvgIpc) is 3.56. The van der Waals surface area contributed by atoms with Gasteiger partial charge in [0.05, 0.1) is 16.6 Å². The van der Waals surface area contributed by atoms with Crippen molar-refractivity contribution in [3.63, 3.8) is 0 Å². The monoisotopic (exact) mass is 739 g/mol. The van der Waals surface area contributed by atoms with E-state index in [1.165, 1.54) is 16.4 Å². The molecule has 5 aliphatic rings. The maximum absolute atomic E-state index is 13.1. The number of aryl methyl sites for hydroxylation is 1. The van der Waals surface area contributed by atoms with Crippen LogP contribution >= 0.6 is 0 Å². The van der Waals surface area contributed by atoms with Gasteiger partial charge in [0.25, 0.3) is 11.8 Å². The molecule has 1 saturated carbocycles. The Kier molecular flexibility index (Phi) is 8.00. The first-order chi connectivity index (χ1) is 26.7. The third kappa shape index (κ3) is 5.93. The number of benzene rings is 2. The van der Waals surface area contributed by atoms with Crippen molar-refractivity contribution in [3.05, 3.63) is 84.3 Å². The lowest BCUT2D eigenvalue weighted by molar-refractivity contribution is -0.136. The van der Waals surface area contributed by atoms with E-state index >= 15 is 0 Å². The second kappa shape index (κ2) is 13.0. The average molecular weight is 740 g/mol. The van der Waals surface area contributed by atoms with Crippen molar-refractivity contribution in [1.29, 1.82) is 0 Å². The standard InChI is InChI=1S/C42H41N7O6/c1-46-34-10-11-43-19-33(34)30-5-2-26(16-36(30)46)27-3-9-38(44-18-27)55-29-14-25(15-29)20-48-23-42(24-48)21-47(22-42)12-13-54-28-4-6-31-32(17-28)41(53)49(40(31)52)35-7-8-37(50)45-39(35)51/h2-6,9-11,16-19,25,29,35H,7-8,12-15,20-24H2,1H3,(H,45,50,51)/t25-,29-,35?. The van der Waals surface area contributed by atoms with Crippen LogP contribution in [0.5, 0.6) is 11.6 Å². The summed E-state index contributed by atoms with van der Waals surface area (Å²) >= 11 is 0. The molecule has 0 radical (unpaired) electrons. The molecule has 55 heavy (non-hydrogen) atoms. The summed E-state index contributed by atoms with van der Waals surface area (Å²) in [6.07, 6.45) is 8.21. The maximum Gasteiger partial charge on any atom is 0.262 e. The molecule has 1 unspecified atom stereocenters. The van der Waals surface area contributed by atoms with Crippen molar-refractivity contribution < 1.29 is 28.7 Å². The number of rotatable bonds is 10. The van der Waals surface area contributed by atoms with Crippen LogP contribution in [0.25, 0.3) is 32.9 Å². The van der Waals surface area contributed by atoms with Gasteiger partial charge in [-0.05, 0) is 67.1 Å². The number of imide groups is 2. The lowest BCUT2D eigenvalue weighted by atomic mass is 9.71. The fraction of sp³-hybridized carbons (Fsp3) is 0.381. The molecule has 3 aromatic heterocycles. The van der Waals surface area contributed by atoms with Crippen molar-refractivity contribution in [2.75, 3.05) is 45.9 Å². The smallest absolute Gasteiger partial charge is 0.262 e. The minimum absolute atomic E-state index is 0.0882. The van der Waals surface area contributed by atoms with Gasteiger partial charge in [-0.1, -0.05) is 12.1 Å². The summed E-state index contributed by atoms with van der Waals surface area (Å²) in [5, 5.41) is 4.58. The SMILES string of the molecule is Cn1c2ccncc2c2ccc(-c3ccc(O[C@H]4C[C@H](CN5CC6(CN(CCOc7ccc8c(c7)C(=O)N(C7CCC(=O)NC7=O)C8=O)C6)C5)C4)nc3)cc21. The number of hydrogen-bond acceptors (Lipinski definition) is 10. The lowest BCUT2D eigenvalue weighted by Crippen LogP contribution is -2.72. The molecule has 1 atom stereocenters. The summed E-state index contributed by atoms with van der Waals surface area (Å²) < 4.78 is 14.4. The number of hydrogen-bond donors (Lipinski definition) is 1. The number of carbonyl (C=O) groups excluding carboxylic acids is 4. The van der Waals surface area contributed by atoms with Gasteiger partial charge in [0.2, 0.25) is 17.7 Å². The summed E-state index contributed by atoms with van der Waals surface area (Å²) in [7, 11) is 2.09. The largest absolute Gasteiger partial charge is 0.492 e. The molecule has 1 aliphatic carbocycles. The number of nitrogens with zero attached hydrogens (tertiary/aromatic N) is 6. The zero-order valence-electron chi connectivity index (χ0n) is 30.6. The molecule has 4 amide bonds. The second-order valence-electron chi connectivity index (χ2n) is 16.0. The number of aromatic nitrogens is 3. The maximum atomic E-state index is 13.1. The van der Waals surface area contributed by atoms with Crippen LogP contribution in [-0.2, 0) is 16.6 Å². The Labute approximate surface area is 317 Å². The quantitative estimate of drug-likeness (QED) is 0.209. The summed E-state index contributed by atoms with van der Waals surface area (Å²) in [4.78, 5) is 64.8. The Bertz CT molecular complexity index is 2390. The molecule has 2 aromatic carbocycles. The van der Waals surface area contributed by atoms with Crippen LogP contribution in [0.3, 0.4) is 0 Å². The van der Waals surface area contributed by atoms with Crippen molar-refractivity contribution in [2.45, 2.75) is 37.8 Å². The first-order valence-corrected chi connectivity index (χ1v) is 19.1. The number of amides is 4. The van der Waals surface area contributed by atoms with Gasteiger partial charge in [-0.2, -0.15) is 0 Å². The molecule has 3 saturated heterocycles. The van der Waals surface area contributed by atoms with Crippen LogP contribution in [0, 0.1) is 11.3 Å². The van der Waals surface area contributed by atoms with Gasteiger partial charge < -0.3 is 18.9 Å². The molecular weight excluding hydrogens is 699 g/mol. The second-order valence-corrected chi connectivity index (χ2v) is 16.0. The Hall–Kier alpha value is -5.66. The van der Waals surface area contributed by atoms with Gasteiger partial charge in [0.1, 0.15) is 24.5 Å². The van der Waals surface area contributed by atoms with Gasteiger partial charge in [-0.25, -0.2) is 4.98 Å². The van der Waals surface area contributed by atoms with E-state index in [0.29, 0.717) is 29.6 Å². The van der Waals surface area contributed by atoms with Gasteiger partial charge >= 0.3 is 0 Å². The number of pyridine rings is 2. The predicted molar refractivity (Wildman–Crippen MR) is 203 cm³/mol. The normalized spacial score (nSPS) is 23.4. The Balaban J connectivity index is 0.639.